The zero-order chi connectivity index (χ0) is 13.8. The standard InChI is InChI=1S/C15H22O3/c1-5-18-14(17)13(16)10-11-6-8-12(9-7-11)15(2,3)4/h6-9,13,16H,5,10H2,1-4H3. The third-order valence-corrected chi connectivity index (χ3v) is 2.81. The lowest BCUT2D eigenvalue weighted by Crippen LogP contribution is -2.25. The molecule has 1 unspecified atom stereocenters. The number of rotatable bonds is 4. The zero-order valence-corrected chi connectivity index (χ0v) is 11.6. The highest BCUT2D eigenvalue weighted by Crippen LogP contribution is 2.22. The molecule has 100 valence electrons. The Morgan fingerprint density at radius 3 is 2.28 bits per heavy atom. The first-order valence-electron chi connectivity index (χ1n) is 6.28. The molecule has 0 aliphatic rings. The molecule has 0 fully saturated rings. The van der Waals surface area contributed by atoms with Crippen molar-refractivity contribution in [2.45, 2.75) is 45.6 Å². The Kier molecular flexibility index (Phi) is 4.91. The van der Waals surface area contributed by atoms with Gasteiger partial charge in [0, 0.05) is 6.42 Å². The highest BCUT2D eigenvalue weighted by Gasteiger charge is 2.17. The number of carbonyl (C=O) groups excluding carboxylic acids is 1. The van der Waals surface area contributed by atoms with Crippen LogP contribution in [0.1, 0.15) is 38.8 Å². The largest absolute Gasteiger partial charge is 0.464 e. The second kappa shape index (κ2) is 6.01. The van der Waals surface area contributed by atoms with E-state index in [0.29, 0.717) is 13.0 Å². The van der Waals surface area contributed by atoms with Crippen molar-refractivity contribution in [3.8, 4) is 0 Å². The molecule has 3 heteroatoms. The molecule has 0 heterocycles. The number of hydrogen-bond acceptors (Lipinski definition) is 3. The van der Waals surface area contributed by atoms with Gasteiger partial charge in [0.25, 0.3) is 0 Å². The van der Waals surface area contributed by atoms with Gasteiger partial charge in [0.15, 0.2) is 6.10 Å². The van der Waals surface area contributed by atoms with Gasteiger partial charge in [-0.3, -0.25) is 0 Å². The van der Waals surface area contributed by atoms with E-state index in [1.807, 2.05) is 24.3 Å². The van der Waals surface area contributed by atoms with E-state index in [-0.39, 0.29) is 5.41 Å². The summed E-state index contributed by atoms with van der Waals surface area (Å²) in [7, 11) is 0. The second-order valence-corrected chi connectivity index (χ2v) is 5.42. The summed E-state index contributed by atoms with van der Waals surface area (Å²) < 4.78 is 4.76. The summed E-state index contributed by atoms with van der Waals surface area (Å²) in [6.07, 6.45) is -0.783. The molecule has 0 radical (unpaired) electrons. The van der Waals surface area contributed by atoms with Crippen LogP contribution in [-0.4, -0.2) is 23.8 Å². The number of benzene rings is 1. The molecule has 0 bridgehead atoms. The van der Waals surface area contributed by atoms with Gasteiger partial charge in [-0.2, -0.15) is 0 Å². The lowest BCUT2D eigenvalue weighted by molar-refractivity contribution is -0.152. The molecule has 0 aromatic heterocycles. The lowest BCUT2D eigenvalue weighted by Gasteiger charge is -2.19. The van der Waals surface area contributed by atoms with Crippen molar-refractivity contribution in [1.82, 2.24) is 0 Å². The molecule has 1 aromatic rings. The van der Waals surface area contributed by atoms with Crippen LogP contribution in [0.4, 0.5) is 0 Å². The first-order chi connectivity index (χ1) is 8.34. The van der Waals surface area contributed by atoms with E-state index < -0.39 is 12.1 Å². The number of hydrogen-bond donors (Lipinski definition) is 1. The quantitative estimate of drug-likeness (QED) is 0.835. The number of aliphatic hydroxyl groups is 1. The van der Waals surface area contributed by atoms with E-state index in [1.54, 1.807) is 6.92 Å². The molecule has 1 aromatic carbocycles. The minimum atomic E-state index is -1.08. The van der Waals surface area contributed by atoms with Crippen molar-refractivity contribution in [3.63, 3.8) is 0 Å². The monoisotopic (exact) mass is 250 g/mol. The van der Waals surface area contributed by atoms with E-state index in [1.165, 1.54) is 5.56 Å². The minimum absolute atomic E-state index is 0.109. The number of ether oxygens (including phenoxy) is 1. The van der Waals surface area contributed by atoms with E-state index in [2.05, 4.69) is 20.8 Å². The highest BCUT2D eigenvalue weighted by molar-refractivity contribution is 5.74. The fourth-order valence-corrected chi connectivity index (χ4v) is 1.69. The molecule has 0 aliphatic heterocycles. The molecule has 0 aliphatic carbocycles. The molecular weight excluding hydrogens is 228 g/mol. The third kappa shape index (κ3) is 4.15. The van der Waals surface area contributed by atoms with Crippen LogP contribution in [-0.2, 0) is 21.4 Å². The predicted octanol–water partition coefficient (Wildman–Crippen LogP) is 2.45. The molecule has 0 saturated heterocycles. The minimum Gasteiger partial charge on any atom is -0.464 e. The van der Waals surface area contributed by atoms with E-state index in [9.17, 15) is 9.90 Å². The second-order valence-electron chi connectivity index (χ2n) is 5.42. The maximum absolute atomic E-state index is 11.3. The van der Waals surface area contributed by atoms with Gasteiger partial charge in [0.05, 0.1) is 6.61 Å². The molecule has 18 heavy (non-hydrogen) atoms. The summed E-state index contributed by atoms with van der Waals surface area (Å²) in [6, 6.07) is 7.96. The average Bonchev–Trinajstić information content (AvgIpc) is 2.28. The van der Waals surface area contributed by atoms with Crippen LogP contribution in [0.3, 0.4) is 0 Å². The lowest BCUT2D eigenvalue weighted by atomic mass is 9.86. The molecule has 0 saturated carbocycles. The number of carbonyl (C=O) groups is 1. The van der Waals surface area contributed by atoms with Gasteiger partial charge in [0.2, 0.25) is 0 Å². The SMILES string of the molecule is CCOC(=O)C(O)Cc1ccc(C(C)(C)C)cc1. The fourth-order valence-electron chi connectivity index (χ4n) is 1.69. The van der Waals surface area contributed by atoms with Gasteiger partial charge in [-0.1, -0.05) is 45.0 Å². The predicted molar refractivity (Wildman–Crippen MR) is 71.5 cm³/mol. The van der Waals surface area contributed by atoms with Gasteiger partial charge < -0.3 is 9.84 Å². The molecule has 1 N–H and O–H groups in total. The molecule has 1 rings (SSSR count). The van der Waals surface area contributed by atoms with Gasteiger partial charge in [-0.25, -0.2) is 4.79 Å². The maximum atomic E-state index is 11.3. The van der Waals surface area contributed by atoms with Gasteiger partial charge >= 0.3 is 5.97 Å². The first-order valence-corrected chi connectivity index (χ1v) is 6.28. The van der Waals surface area contributed by atoms with Gasteiger partial charge in [0.1, 0.15) is 0 Å². The van der Waals surface area contributed by atoms with E-state index >= 15 is 0 Å². The first kappa shape index (κ1) is 14.7. The Labute approximate surface area is 109 Å². The van der Waals surface area contributed by atoms with Crippen LogP contribution in [0.25, 0.3) is 0 Å². The zero-order valence-electron chi connectivity index (χ0n) is 11.6. The Balaban J connectivity index is 2.67. The van der Waals surface area contributed by atoms with Crippen LogP contribution in [0, 0.1) is 0 Å². The van der Waals surface area contributed by atoms with E-state index in [4.69, 9.17) is 4.74 Å². The maximum Gasteiger partial charge on any atom is 0.335 e. The molecule has 3 nitrogen and oxygen atoms in total. The van der Waals surface area contributed by atoms with Crippen LogP contribution < -0.4 is 0 Å². The normalized spacial score (nSPS) is 13.2. The van der Waals surface area contributed by atoms with Gasteiger partial charge in [-0.05, 0) is 23.5 Å². The molecule has 0 amide bonds. The van der Waals surface area contributed by atoms with Crippen molar-refractivity contribution in [2.75, 3.05) is 6.61 Å². The topological polar surface area (TPSA) is 46.5 Å². The Bertz CT molecular complexity index is 387. The van der Waals surface area contributed by atoms with Crippen LogP contribution in [0.15, 0.2) is 24.3 Å². The van der Waals surface area contributed by atoms with Crippen LogP contribution in [0.2, 0.25) is 0 Å². The molecular formula is C15H22O3. The smallest absolute Gasteiger partial charge is 0.335 e. The summed E-state index contributed by atoms with van der Waals surface area (Å²) in [5.74, 6) is -0.558. The van der Waals surface area contributed by atoms with Crippen molar-refractivity contribution in [2.24, 2.45) is 0 Å². The summed E-state index contributed by atoms with van der Waals surface area (Å²) >= 11 is 0. The summed E-state index contributed by atoms with van der Waals surface area (Å²) in [5.41, 5.74) is 2.28. The average molecular weight is 250 g/mol. The Hall–Kier alpha value is -1.35. The summed E-state index contributed by atoms with van der Waals surface area (Å²) in [5, 5.41) is 9.66. The van der Waals surface area contributed by atoms with Crippen molar-refractivity contribution in [1.29, 1.82) is 0 Å². The van der Waals surface area contributed by atoms with E-state index in [0.717, 1.165) is 5.56 Å². The summed E-state index contributed by atoms with van der Waals surface area (Å²) in [4.78, 5) is 11.3. The van der Waals surface area contributed by atoms with Crippen LogP contribution in [0.5, 0.6) is 0 Å². The molecule has 0 spiro atoms. The third-order valence-electron chi connectivity index (χ3n) is 2.81. The molecule has 1 atom stereocenters. The van der Waals surface area contributed by atoms with Gasteiger partial charge in [-0.15, -0.1) is 0 Å². The number of aliphatic hydroxyl groups excluding tert-OH is 1. The van der Waals surface area contributed by atoms with Crippen molar-refractivity contribution < 1.29 is 14.6 Å². The number of esters is 1. The summed E-state index contributed by atoms with van der Waals surface area (Å²) in [6.45, 7) is 8.46. The Morgan fingerprint density at radius 2 is 1.83 bits per heavy atom. The van der Waals surface area contributed by atoms with Crippen LogP contribution >= 0.6 is 0 Å². The highest BCUT2D eigenvalue weighted by atomic mass is 16.5. The van der Waals surface area contributed by atoms with Crippen molar-refractivity contribution in [3.05, 3.63) is 35.4 Å². The fraction of sp³-hybridized carbons (Fsp3) is 0.533. The Morgan fingerprint density at radius 1 is 1.28 bits per heavy atom. The van der Waals surface area contributed by atoms with Crippen molar-refractivity contribution >= 4 is 5.97 Å².